The van der Waals surface area contributed by atoms with Crippen LogP contribution in [0, 0.1) is 22.0 Å². The van der Waals surface area contributed by atoms with Gasteiger partial charge in [0, 0.05) is 24.0 Å². The maximum absolute atomic E-state index is 10.9. The number of hydrogen-bond donors (Lipinski definition) is 4. The Bertz CT molecular complexity index is 1140. The van der Waals surface area contributed by atoms with Gasteiger partial charge in [0.1, 0.15) is 12.4 Å². The van der Waals surface area contributed by atoms with Crippen LogP contribution < -0.4 is 5.43 Å². The molecule has 0 bridgehead atoms. The molecule has 38 heavy (non-hydrogen) atoms. The van der Waals surface area contributed by atoms with Gasteiger partial charge in [-0.3, -0.25) is 15.5 Å². The first-order chi connectivity index (χ1) is 18.1. The second kappa shape index (κ2) is 12.0. The normalized spacial score (nSPS) is 29.5. The molecule has 14 heteroatoms. The summed E-state index contributed by atoms with van der Waals surface area (Å²) in [7, 11) is 0. The van der Waals surface area contributed by atoms with Crippen LogP contribution in [-0.4, -0.2) is 89.5 Å². The molecule has 0 radical (unpaired) electrons. The zero-order valence-electron chi connectivity index (χ0n) is 21.4. The highest BCUT2D eigenvalue weighted by Crippen LogP contribution is 2.38. The molecular formula is C24H33N7O7. The molecule has 1 aromatic heterocycles. The van der Waals surface area contributed by atoms with Gasteiger partial charge in [0.05, 0.1) is 47.7 Å². The third kappa shape index (κ3) is 6.76. The summed E-state index contributed by atoms with van der Waals surface area (Å²) in [6.07, 6.45) is 0.681. The number of allylic oxidation sites excluding steroid dienone is 1. The number of tetrazole rings is 1. The molecule has 2 aliphatic rings. The van der Waals surface area contributed by atoms with Crippen molar-refractivity contribution in [1.82, 2.24) is 20.2 Å². The van der Waals surface area contributed by atoms with Crippen LogP contribution >= 0.6 is 0 Å². The van der Waals surface area contributed by atoms with E-state index in [1.807, 2.05) is 13.8 Å². The first-order valence-electron chi connectivity index (χ1n) is 12.4. The number of epoxide rings is 1. The minimum atomic E-state index is -1.09. The number of benzene rings is 1. The zero-order valence-corrected chi connectivity index (χ0v) is 21.4. The quantitative estimate of drug-likeness (QED) is 0.113. The average molecular weight is 532 g/mol. The van der Waals surface area contributed by atoms with Gasteiger partial charge in [-0.25, -0.2) is 0 Å². The Labute approximate surface area is 219 Å². The number of ether oxygens (including phenoxy) is 2. The maximum atomic E-state index is 10.9. The summed E-state index contributed by atoms with van der Waals surface area (Å²) in [5, 5.41) is 57.6. The van der Waals surface area contributed by atoms with Crippen molar-refractivity contribution in [3.63, 3.8) is 0 Å². The van der Waals surface area contributed by atoms with Crippen LogP contribution in [0.3, 0.4) is 0 Å². The van der Waals surface area contributed by atoms with E-state index in [4.69, 9.17) is 9.47 Å². The smallest absolute Gasteiger partial charge is 0.269 e. The number of non-ortho nitro benzene ring substituents is 1. The molecule has 4 rings (SSSR count). The van der Waals surface area contributed by atoms with Gasteiger partial charge in [0.25, 0.3) is 5.69 Å². The lowest BCUT2D eigenvalue weighted by Crippen LogP contribution is -2.50. The highest BCUT2D eigenvalue weighted by molar-refractivity contribution is 5.94. The minimum Gasteiger partial charge on any atom is -0.393 e. The fraction of sp³-hybridized carbons (Fsp3) is 0.583. The number of hydrogen-bond acceptors (Lipinski definition) is 12. The van der Waals surface area contributed by atoms with Gasteiger partial charge >= 0.3 is 0 Å². The van der Waals surface area contributed by atoms with Crippen LogP contribution in [0.5, 0.6) is 0 Å². The van der Waals surface area contributed by atoms with E-state index in [1.165, 1.54) is 35.3 Å². The van der Waals surface area contributed by atoms with Crippen molar-refractivity contribution < 1.29 is 29.7 Å². The summed E-state index contributed by atoms with van der Waals surface area (Å²) in [6.45, 7) is 5.77. The number of nitrogens with one attached hydrogen (secondary N) is 1. The van der Waals surface area contributed by atoms with Crippen molar-refractivity contribution in [3.8, 4) is 0 Å². The molecule has 8 atom stereocenters. The Balaban J connectivity index is 1.37. The summed E-state index contributed by atoms with van der Waals surface area (Å²) >= 11 is 0. The van der Waals surface area contributed by atoms with E-state index in [1.54, 1.807) is 13.0 Å². The van der Waals surface area contributed by atoms with E-state index in [2.05, 4.69) is 26.1 Å². The summed E-state index contributed by atoms with van der Waals surface area (Å²) in [5.74, 6) is 0.0581. The molecule has 2 aliphatic heterocycles. The SMILES string of the molecule is C/C(=C\C(=N\Nc1ccc([N+](=O)[O-])cc1)n1cnnn1)C[C@@H]1OC[C@H](C[C@@H]2O[C@H]2[C@@H](C)[C@H](C)O)[C@@H](O)[C@H]1O. The number of aliphatic hydroxyl groups is 3. The van der Waals surface area contributed by atoms with Crippen molar-refractivity contribution >= 4 is 17.2 Å². The second-order valence-electron chi connectivity index (χ2n) is 9.92. The molecule has 4 N–H and O–H groups in total. The number of nitro groups is 1. The van der Waals surface area contributed by atoms with Gasteiger partial charge in [-0.1, -0.05) is 12.5 Å². The predicted octanol–water partition coefficient (Wildman–Crippen LogP) is 1.10. The Morgan fingerprint density at radius 1 is 1.29 bits per heavy atom. The maximum Gasteiger partial charge on any atom is 0.269 e. The molecule has 2 saturated heterocycles. The Kier molecular flexibility index (Phi) is 8.79. The number of hydrazone groups is 1. The number of nitro benzene ring substituents is 1. The fourth-order valence-corrected chi connectivity index (χ4v) is 4.50. The topological polar surface area (TPSA) is 194 Å². The average Bonchev–Trinajstić information content (AvgIpc) is 3.43. The summed E-state index contributed by atoms with van der Waals surface area (Å²) < 4.78 is 13.0. The predicted molar refractivity (Wildman–Crippen MR) is 135 cm³/mol. The lowest BCUT2D eigenvalue weighted by Gasteiger charge is -2.38. The molecular weight excluding hydrogens is 498 g/mol. The number of aromatic nitrogens is 4. The molecule has 0 spiro atoms. The molecule has 0 unspecified atom stereocenters. The van der Waals surface area contributed by atoms with Crippen molar-refractivity contribution in [2.75, 3.05) is 12.0 Å². The third-order valence-corrected chi connectivity index (χ3v) is 7.03. The summed E-state index contributed by atoms with van der Waals surface area (Å²) in [4.78, 5) is 10.4. The van der Waals surface area contributed by atoms with Crippen molar-refractivity contribution in [3.05, 3.63) is 52.4 Å². The lowest BCUT2D eigenvalue weighted by atomic mass is 9.85. The van der Waals surface area contributed by atoms with Crippen LogP contribution in [0.15, 0.2) is 47.3 Å². The molecule has 2 fully saturated rings. The van der Waals surface area contributed by atoms with Gasteiger partial charge in [0.2, 0.25) is 0 Å². The molecule has 0 saturated carbocycles. The van der Waals surface area contributed by atoms with E-state index in [-0.39, 0.29) is 36.3 Å². The van der Waals surface area contributed by atoms with E-state index in [0.29, 0.717) is 24.4 Å². The monoisotopic (exact) mass is 531 g/mol. The fourth-order valence-electron chi connectivity index (χ4n) is 4.50. The summed E-state index contributed by atoms with van der Waals surface area (Å²) in [5.41, 5.74) is 4.10. The molecule has 1 aromatic carbocycles. The first-order valence-corrected chi connectivity index (χ1v) is 12.4. The number of anilines is 1. The van der Waals surface area contributed by atoms with E-state index in [0.717, 1.165) is 5.57 Å². The molecule has 206 valence electrons. The molecule has 14 nitrogen and oxygen atoms in total. The molecule has 2 aromatic rings. The molecule has 3 heterocycles. The van der Waals surface area contributed by atoms with E-state index >= 15 is 0 Å². The summed E-state index contributed by atoms with van der Waals surface area (Å²) in [6, 6.07) is 5.78. The Hall–Kier alpha value is -3.30. The number of nitrogens with zero attached hydrogens (tertiary/aromatic N) is 6. The number of aliphatic hydroxyl groups excluding tert-OH is 3. The minimum absolute atomic E-state index is 0.00180. The van der Waals surface area contributed by atoms with Gasteiger partial charge < -0.3 is 24.8 Å². The van der Waals surface area contributed by atoms with Crippen LogP contribution in [0.25, 0.3) is 0 Å². The second-order valence-corrected chi connectivity index (χ2v) is 9.92. The van der Waals surface area contributed by atoms with Gasteiger partial charge in [-0.05, 0) is 55.3 Å². The number of rotatable bonds is 10. The van der Waals surface area contributed by atoms with Crippen LogP contribution in [0.2, 0.25) is 0 Å². The van der Waals surface area contributed by atoms with E-state index in [9.17, 15) is 25.4 Å². The zero-order chi connectivity index (χ0) is 27.4. The first kappa shape index (κ1) is 27.7. The Morgan fingerprint density at radius 3 is 2.66 bits per heavy atom. The van der Waals surface area contributed by atoms with Gasteiger partial charge in [-0.15, -0.1) is 5.10 Å². The van der Waals surface area contributed by atoms with Crippen LogP contribution in [0.1, 0.15) is 33.6 Å². The third-order valence-electron chi connectivity index (χ3n) is 7.03. The highest BCUT2D eigenvalue weighted by atomic mass is 16.6. The molecule has 0 aliphatic carbocycles. The molecule has 0 amide bonds. The Morgan fingerprint density at radius 2 is 2.03 bits per heavy atom. The standard InChI is InChI=1S/C24H33N7O7/c1-13(8-19-23(34)22(33)16(11-37-19)10-20-24(38-20)14(2)15(3)32)9-21(30-12-25-28-29-30)27-26-17-4-6-18(7-5-17)31(35)36/h4-7,9,12,14-16,19-20,22-24,26,32-34H,8,10-11H2,1-3H3/b13-9+,27-21-/t14-,15-,16-,19-,20-,22+,23-,24-/m0/s1. The van der Waals surface area contributed by atoms with Gasteiger partial charge in [0.15, 0.2) is 5.84 Å². The lowest BCUT2D eigenvalue weighted by molar-refractivity contribution is -0.384. The van der Waals surface area contributed by atoms with Crippen LogP contribution in [0.4, 0.5) is 11.4 Å². The van der Waals surface area contributed by atoms with Crippen molar-refractivity contribution in [2.45, 2.75) is 70.2 Å². The van der Waals surface area contributed by atoms with E-state index < -0.39 is 29.3 Å². The van der Waals surface area contributed by atoms with Crippen LogP contribution in [-0.2, 0) is 9.47 Å². The van der Waals surface area contributed by atoms with Gasteiger partial charge in [-0.2, -0.15) is 9.78 Å². The van der Waals surface area contributed by atoms with Crippen molar-refractivity contribution in [2.24, 2.45) is 16.9 Å². The highest BCUT2D eigenvalue weighted by Gasteiger charge is 2.48. The largest absolute Gasteiger partial charge is 0.393 e. The van der Waals surface area contributed by atoms with Crippen molar-refractivity contribution in [1.29, 1.82) is 0 Å².